The molecule has 0 aliphatic carbocycles. The summed E-state index contributed by atoms with van der Waals surface area (Å²) >= 11 is 6.01. The van der Waals surface area contributed by atoms with Crippen LogP contribution in [0.4, 0.5) is 5.69 Å². The van der Waals surface area contributed by atoms with Crippen molar-refractivity contribution >= 4 is 23.1 Å². The first-order chi connectivity index (χ1) is 10.0. The number of hydrogen-bond acceptors (Lipinski definition) is 3. The van der Waals surface area contributed by atoms with E-state index in [4.69, 9.17) is 22.5 Å². The maximum Gasteiger partial charge on any atom is 0.170 e. The molecule has 0 fully saturated rings. The van der Waals surface area contributed by atoms with Gasteiger partial charge in [0.05, 0.1) is 0 Å². The molecule has 0 aliphatic heterocycles. The SMILES string of the molecule is Cc1cc(/C(N)=N/O)ccc1CNc1cc(Cl)ccc1C. The number of benzene rings is 2. The van der Waals surface area contributed by atoms with Gasteiger partial charge in [0, 0.05) is 22.8 Å². The molecule has 0 amide bonds. The molecule has 0 bridgehead atoms. The Morgan fingerprint density at radius 2 is 1.95 bits per heavy atom. The van der Waals surface area contributed by atoms with E-state index < -0.39 is 0 Å². The number of aryl methyl sites for hydroxylation is 2. The normalized spacial score (nSPS) is 11.5. The summed E-state index contributed by atoms with van der Waals surface area (Å²) in [5.74, 6) is 0.114. The number of nitrogens with two attached hydrogens (primary N) is 1. The molecule has 0 spiro atoms. The summed E-state index contributed by atoms with van der Waals surface area (Å²) in [6.45, 7) is 4.71. The molecule has 4 nitrogen and oxygen atoms in total. The van der Waals surface area contributed by atoms with Gasteiger partial charge in [-0.2, -0.15) is 0 Å². The van der Waals surface area contributed by atoms with E-state index in [2.05, 4.69) is 10.5 Å². The van der Waals surface area contributed by atoms with Gasteiger partial charge in [0.15, 0.2) is 5.84 Å². The molecule has 4 N–H and O–H groups in total. The lowest BCUT2D eigenvalue weighted by Gasteiger charge is -2.12. The van der Waals surface area contributed by atoms with Crippen molar-refractivity contribution in [2.24, 2.45) is 10.9 Å². The minimum absolute atomic E-state index is 0.114. The van der Waals surface area contributed by atoms with E-state index in [0.717, 1.165) is 22.4 Å². The van der Waals surface area contributed by atoms with Gasteiger partial charge >= 0.3 is 0 Å². The van der Waals surface area contributed by atoms with Crippen molar-refractivity contribution in [3.63, 3.8) is 0 Å². The number of rotatable bonds is 4. The van der Waals surface area contributed by atoms with Crippen LogP contribution in [0.15, 0.2) is 41.6 Å². The number of nitrogens with one attached hydrogen (secondary N) is 1. The third-order valence-electron chi connectivity index (χ3n) is 3.42. The van der Waals surface area contributed by atoms with Crippen molar-refractivity contribution in [2.75, 3.05) is 5.32 Å². The fourth-order valence-corrected chi connectivity index (χ4v) is 2.26. The topological polar surface area (TPSA) is 70.6 Å². The summed E-state index contributed by atoms with van der Waals surface area (Å²) in [5, 5.41) is 15.8. The highest BCUT2D eigenvalue weighted by Crippen LogP contribution is 2.21. The van der Waals surface area contributed by atoms with Crippen molar-refractivity contribution in [2.45, 2.75) is 20.4 Å². The average molecular weight is 304 g/mol. The van der Waals surface area contributed by atoms with Gasteiger partial charge in [0.1, 0.15) is 0 Å². The molecular weight excluding hydrogens is 286 g/mol. The van der Waals surface area contributed by atoms with Gasteiger partial charge in [-0.3, -0.25) is 0 Å². The van der Waals surface area contributed by atoms with Gasteiger partial charge < -0.3 is 16.3 Å². The molecule has 0 unspecified atom stereocenters. The summed E-state index contributed by atoms with van der Waals surface area (Å²) in [4.78, 5) is 0. The first-order valence-electron chi connectivity index (χ1n) is 6.58. The highest BCUT2D eigenvalue weighted by atomic mass is 35.5. The Balaban J connectivity index is 2.15. The molecule has 0 heterocycles. The maximum atomic E-state index is 8.70. The van der Waals surface area contributed by atoms with Crippen molar-refractivity contribution in [3.8, 4) is 0 Å². The van der Waals surface area contributed by atoms with Crippen molar-refractivity contribution in [3.05, 3.63) is 63.7 Å². The van der Waals surface area contributed by atoms with Gasteiger partial charge in [-0.15, -0.1) is 0 Å². The summed E-state index contributed by atoms with van der Waals surface area (Å²) in [5.41, 5.74) is 10.7. The third-order valence-corrected chi connectivity index (χ3v) is 3.65. The molecule has 21 heavy (non-hydrogen) atoms. The first kappa shape index (κ1) is 15.2. The molecule has 0 radical (unpaired) electrons. The number of oxime groups is 1. The van der Waals surface area contributed by atoms with Crippen molar-refractivity contribution in [1.29, 1.82) is 0 Å². The van der Waals surface area contributed by atoms with Gasteiger partial charge in [-0.1, -0.05) is 35.0 Å². The van der Waals surface area contributed by atoms with E-state index >= 15 is 0 Å². The molecule has 2 aromatic rings. The zero-order valence-corrected chi connectivity index (χ0v) is 12.8. The van der Waals surface area contributed by atoms with Crippen LogP contribution in [-0.2, 0) is 6.54 Å². The number of hydrogen-bond donors (Lipinski definition) is 3. The minimum atomic E-state index is 0.114. The molecule has 0 aromatic heterocycles. The second kappa shape index (κ2) is 6.50. The Labute approximate surface area is 129 Å². The number of anilines is 1. The van der Waals surface area contributed by atoms with Crippen LogP contribution in [0.25, 0.3) is 0 Å². The van der Waals surface area contributed by atoms with E-state index in [1.807, 2.05) is 50.2 Å². The molecule has 2 aromatic carbocycles. The molecule has 2 rings (SSSR count). The van der Waals surface area contributed by atoms with Crippen LogP contribution in [0.2, 0.25) is 5.02 Å². The van der Waals surface area contributed by atoms with Crippen LogP contribution < -0.4 is 11.1 Å². The predicted octanol–water partition coefficient (Wildman–Crippen LogP) is 3.66. The van der Waals surface area contributed by atoms with Crippen LogP contribution >= 0.6 is 11.6 Å². The van der Waals surface area contributed by atoms with Gasteiger partial charge in [-0.25, -0.2) is 0 Å². The van der Waals surface area contributed by atoms with E-state index in [0.29, 0.717) is 17.1 Å². The fourth-order valence-electron chi connectivity index (χ4n) is 2.09. The monoisotopic (exact) mass is 303 g/mol. The Morgan fingerprint density at radius 1 is 1.19 bits per heavy atom. The van der Waals surface area contributed by atoms with Crippen molar-refractivity contribution < 1.29 is 5.21 Å². The molecule has 0 saturated carbocycles. The number of amidine groups is 1. The Kier molecular flexibility index (Phi) is 4.70. The molecule has 0 aliphatic rings. The Bertz CT molecular complexity index is 683. The van der Waals surface area contributed by atoms with E-state index in [-0.39, 0.29) is 5.84 Å². The lowest BCUT2D eigenvalue weighted by atomic mass is 10.0. The summed E-state index contributed by atoms with van der Waals surface area (Å²) in [6.07, 6.45) is 0. The van der Waals surface area contributed by atoms with E-state index in [9.17, 15) is 0 Å². The summed E-state index contributed by atoms with van der Waals surface area (Å²) < 4.78 is 0. The molecule has 0 saturated heterocycles. The predicted molar refractivity (Wildman–Crippen MR) is 87.2 cm³/mol. The summed E-state index contributed by atoms with van der Waals surface area (Å²) in [7, 11) is 0. The molecule has 0 atom stereocenters. The molecular formula is C16H18ClN3O. The average Bonchev–Trinajstić information content (AvgIpc) is 2.48. The van der Waals surface area contributed by atoms with Crippen LogP contribution in [0.1, 0.15) is 22.3 Å². The quantitative estimate of drug-likeness (QED) is 0.349. The third kappa shape index (κ3) is 3.67. The highest BCUT2D eigenvalue weighted by Gasteiger charge is 2.05. The standard InChI is InChI=1S/C16H18ClN3O/c1-10-3-6-14(17)8-15(10)19-9-13-5-4-12(7-11(13)2)16(18)20-21/h3-8,19,21H,9H2,1-2H3,(H2,18,20). The zero-order chi connectivity index (χ0) is 15.4. The second-order valence-corrected chi connectivity index (χ2v) is 5.38. The minimum Gasteiger partial charge on any atom is -0.409 e. The van der Waals surface area contributed by atoms with Gasteiger partial charge in [0.25, 0.3) is 0 Å². The van der Waals surface area contributed by atoms with Crippen LogP contribution in [0, 0.1) is 13.8 Å². The lowest BCUT2D eigenvalue weighted by molar-refractivity contribution is 0.318. The second-order valence-electron chi connectivity index (χ2n) is 4.94. The van der Waals surface area contributed by atoms with Crippen molar-refractivity contribution in [1.82, 2.24) is 0 Å². The number of nitrogens with zero attached hydrogens (tertiary/aromatic N) is 1. The largest absolute Gasteiger partial charge is 0.409 e. The van der Waals surface area contributed by atoms with Crippen LogP contribution in [0.5, 0.6) is 0 Å². The number of halogens is 1. The summed E-state index contributed by atoms with van der Waals surface area (Å²) in [6, 6.07) is 11.5. The smallest absolute Gasteiger partial charge is 0.170 e. The maximum absolute atomic E-state index is 8.70. The Morgan fingerprint density at radius 3 is 2.62 bits per heavy atom. The first-order valence-corrected chi connectivity index (χ1v) is 6.96. The van der Waals surface area contributed by atoms with Gasteiger partial charge in [-0.05, 0) is 48.7 Å². The molecule has 5 heteroatoms. The van der Waals surface area contributed by atoms with Crippen LogP contribution in [0.3, 0.4) is 0 Å². The van der Waals surface area contributed by atoms with E-state index in [1.54, 1.807) is 0 Å². The highest BCUT2D eigenvalue weighted by molar-refractivity contribution is 6.30. The molecule has 110 valence electrons. The Hall–Kier alpha value is -2.20. The van der Waals surface area contributed by atoms with E-state index in [1.165, 1.54) is 0 Å². The van der Waals surface area contributed by atoms with Crippen LogP contribution in [-0.4, -0.2) is 11.0 Å². The lowest BCUT2D eigenvalue weighted by Crippen LogP contribution is -2.13. The zero-order valence-electron chi connectivity index (χ0n) is 12.0. The fraction of sp³-hybridized carbons (Fsp3) is 0.188. The van der Waals surface area contributed by atoms with Gasteiger partial charge in [0.2, 0.25) is 0 Å².